The average molecular weight is 395 g/mol. The number of rotatable bonds is 5. The molecular weight excluding hydrogens is 374 g/mol. The molecule has 0 radical (unpaired) electrons. The van der Waals surface area contributed by atoms with Gasteiger partial charge in [-0.2, -0.15) is 0 Å². The van der Waals surface area contributed by atoms with Crippen LogP contribution in [-0.4, -0.2) is 29.9 Å². The molecule has 4 heteroatoms. The lowest BCUT2D eigenvalue weighted by Gasteiger charge is -2.22. The van der Waals surface area contributed by atoms with E-state index in [9.17, 15) is 9.59 Å². The Morgan fingerprint density at radius 3 is 2.23 bits per heavy atom. The fourth-order valence-electron chi connectivity index (χ4n) is 4.15. The minimum atomic E-state index is -0.934. The van der Waals surface area contributed by atoms with Crippen molar-refractivity contribution in [2.45, 2.75) is 18.1 Å². The molecule has 5 rings (SSSR count). The molecule has 0 saturated carbocycles. The van der Waals surface area contributed by atoms with Crippen LogP contribution in [0.3, 0.4) is 0 Å². The molecule has 0 unspecified atom stereocenters. The zero-order valence-electron chi connectivity index (χ0n) is 16.4. The third-order valence-corrected chi connectivity index (χ3v) is 5.75. The predicted molar refractivity (Wildman–Crippen MR) is 115 cm³/mol. The Morgan fingerprint density at radius 1 is 0.867 bits per heavy atom. The maximum Gasteiger partial charge on any atom is 0.251 e. The van der Waals surface area contributed by atoms with E-state index in [2.05, 4.69) is 5.32 Å². The molecule has 1 amide bonds. The van der Waals surface area contributed by atoms with Crippen molar-refractivity contribution in [1.29, 1.82) is 0 Å². The second-order valence-electron chi connectivity index (χ2n) is 7.61. The maximum atomic E-state index is 13.2. The van der Waals surface area contributed by atoms with E-state index in [1.165, 1.54) is 0 Å². The third kappa shape index (κ3) is 3.15. The molecular formula is C26H21NO3. The van der Waals surface area contributed by atoms with Crippen LogP contribution in [0.2, 0.25) is 0 Å². The monoisotopic (exact) mass is 395 g/mol. The summed E-state index contributed by atoms with van der Waals surface area (Å²) in [6.07, 6.45) is 2.30. The topological polar surface area (TPSA) is 58.7 Å². The molecule has 1 heterocycles. The van der Waals surface area contributed by atoms with Crippen molar-refractivity contribution >= 4 is 17.3 Å². The van der Waals surface area contributed by atoms with Gasteiger partial charge in [-0.1, -0.05) is 72.8 Å². The van der Waals surface area contributed by atoms with E-state index in [4.69, 9.17) is 4.74 Å². The Labute approximate surface area is 175 Å². The van der Waals surface area contributed by atoms with Crippen LogP contribution >= 0.6 is 0 Å². The lowest BCUT2D eigenvalue weighted by molar-refractivity contribution is 0.0906. The number of ketones is 1. The summed E-state index contributed by atoms with van der Waals surface area (Å²) in [5, 5.41) is 2.92. The number of fused-ring (bicyclic) bond motifs is 1. The van der Waals surface area contributed by atoms with Crippen molar-refractivity contribution in [3.8, 4) is 0 Å². The van der Waals surface area contributed by atoms with Crippen molar-refractivity contribution < 1.29 is 14.3 Å². The predicted octanol–water partition coefficient (Wildman–Crippen LogP) is 4.27. The minimum Gasteiger partial charge on any atom is -0.353 e. The molecule has 1 N–H and O–H groups in total. The third-order valence-electron chi connectivity index (χ3n) is 5.75. The second kappa shape index (κ2) is 7.39. The summed E-state index contributed by atoms with van der Waals surface area (Å²) < 4.78 is 5.98. The quantitative estimate of drug-likeness (QED) is 0.657. The van der Waals surface area contributed by atoms with Crippen LogP contribution in [0, 0.1) is 0 Å². The number of amides is 1. The highest BCUT2D eigenvalue weighted by molar-refractivity contribution is 6.14. The van der Waals surface area contributed by atoms with Crippen molar-refractivity contribution in [2.24, 2.45) is 0 Å². The zero-order chi connectivity index (χ0) is 20.6. The number of Topliss-reactive ketones (excluding diaryl/α,β-unsaturated/α-hetero) is 1. The first-order valence-electron chi connectivity index (χ1n) is 10.1. The summed E-state index contributed by atoms with van der Waals surface area (Å²) in [6.45, 7) is 0.448. The molecule has 1 aliphatic heterocycles. The van der Waals surface area contributed by atoms with Crippen LogP contribution in [0.5, 0.6) is 0 Å². The van der Waals surface area contributed by atoms with Gasteiger partial charge in [0, 0.05) is 17.7 Å². The smallest absolute Gasteiger partial charge is 0.251 e. The molecule has 2 atom stereocenters. The zero-order valence-corrected chi connectivity index (χ0v) is 16.4. The van der Waals surface area contributed by atoms with Crippen molar-refractivity contribution in [1.82, 2.24) is 5.32 Å². The van der Waals surface area contributed by atoms with Crippen LogP contribution in [0.1, 0.15) is 38.3 Å². The Hall–Kier alpha value is -3.50. The summed E-state index contributed by atoms with van der Waals surface area (Å²) in [7, 11) is 0. The molecule has 1 saturated heterocycles. The number of benzene rings is 3. The highest BCUT2D eigenvalue weighted by Crippen LogP contribution is 2.49. The number of epoxide rings is 1. The molecule has 0 bridgehead atoms. The Bertz CT molecular complexity index is 1140. The molecule has 3 aromatic rings. The fourth-order valence-corrected chi connectivity index (χ4v) is 4.15. The molecule has 3 aromatic carbocycles. The van der Waals surface area contributed by atoms with E-state index >= 15 is 0 Å². The largest absolute Gasteiger partial charge is 0.353 e. The number of nitrogens with one attached hydrogen (secondary N) is 1. The van der Waals surface area contributed by atoms with Crippen LogP contribution in [0.4, 0.5) is 0 Å². The Balaban J connectivity index is 1.36. The number of carbonyl (C=O) groups excluding carboxylic acids is 2. The van der Waals surface area contributed by atoms with Crippen molar-refractivity contribution in [3.63, 3.8) is 0 Å². The van der Waals surface area contributed by atoms with Gasteiger partial charge in [-0.05, 0) is 41.3 Å². The summed E-state index contributed by atoms with van der Waals surface area (Å²) in [5.41, 5.74) is 3.39. The van der Waals surface area contributed by atoms with Crippen molar-refractivity contribution in [2.75, 3.05) is 6.54 Å². The number of carbonyl (C=O) groups is 2. The molecule has 2 aliphatic rings. The molecule has 148 valence electrons. The highest BCUT2D eigenvalue weighted by Gasteiger charge is 2.62. The van der Waals surface area contributed by atoms with Gasteiger partial charge in [0.15, 0.2) is 5.60 Å². The van der Waals surface area contributed by atoms with E-state index in [1.807, 2.05) is 78.9 Å². The second-order valence-corrected chi connectivity index (χ2v) is 7.61. The van der Waals surface area contributed by atoms with Crippen LogP contribution in [-0.2, 0) is 4.74 Å². The van der Waals surface area contributed by atoms with E-state index in [1.54, 1.807) is 12.1 Å². The molecule has 30 heavy (non-hydrogen) atoms. The van der Waals surface area contributed by atoms with Gasteiger partial charge < -0.3 is 10.1 Å². The molecule has 1 fully saturated rings. The maximum absolute atomic E-state index is 13.2. The van der Waals surface area contributed by atoms with Gasteiger partial charge in [0.05, 0.1) is 0 Å². The van der Waals surface area contributed by atoms with Crippen LogP contribution < -0.4 is 5.32 Å². The lowest BCUT2D eigenvalue weighted by Crippen LogP contribution is -2.32. The first-order chi connectivity index (χ1) is 14.7. The summed E-state index contributed by atoms with van der Waals surface area (Å²) in [4.78, 5) is 25.5. The molecule has 1 aliphatic carbocycles. The van der Waals surface area contributed by atoms with Crippen molar-refractivity contribution in [3.05, 3.63) is 113 Å². The summed E-state index contributed by atoms with van der Waals surface area (Å²) in [5.74, 6) is -0.122. The minimum absolute atomic E-state index is 0.00262. The SMILES string of the molecule is O=C(NCC[C@@H]1O[C@]12C=C(c1ccccc1)c1ccccc1C2=O)c1ccccc1. The number of hydrogen-bond donors (Lipinski definition) is 1. The van der Waals surface area contributed by atoms with E-state index in [0.717, 1.165) is 16.7 Å². The van der Waals surface area contributed by atoms with E-state index in [-0.39, 0.29) is 17.8 Å². The number of ether oxygens (including phenoxy) is 1. The standard InChI is InChI=1S/C26H21NO3/c28-24-21-14-8-7-13-20(21)22(18-9-3-1-4-10-18)17-26(24)23(30-26)15-16-27-25(29)19-11-5-2-6-12-19/h1-14,17,23H,15-16H2,(H,27,29)/t23-,26+/m0/s1. The molecule has 0 aromatic heterocycles. The average Bonchev–Trinajstić information content (AvgIpc) is 3.50. The molecule has 1 spiro atoms. The summed E-state index contributed by atoms with van der Waals surface area (Å²) >= 11 is 0. The van der Waals surface area contributed by atoms with Gasteiger partial charge >= 0.3 is 0 Å². The van der Waals surface area contributed by atoms with Gasteiger partial charge in [-0.25, -0.2) is 0 Å². The van der Waals surface area contributed by atoms with Gasteiger partial charge in [0.2, 0.25) is 5.78 Å². The Morgan fingerprint density at radius 2 is 1.50 bits per heavy atom. The highest BCUT2D eigenvalue weighted by atomic mass is 16.6. The Kier molecular flexibility index (Phi) is 4.57. The lowest BCUT2D eigenvalue weighted by atomic mass is 9.79. The van der Waals surface area contributed by atoms with E-state index < -0.39 is 5.60 Å². The van der Waals surface area contributed by atoms with Gasteiger partial charge in [0.25, 0.3) is 5.91 Å². The summed E-state index contributed by atoms with van der Waals surface area (Å²) in [6, 6.07) is 26.8. The van der Waals surface area contributed by atoms with Gasteiger partial charge in [0.1, 0.15) is 6.10 Å². The van der Waals surface area contributed by atoms with Crippen LogP contribution in [0.25, 0.3) is 5.57 Å². The first-order valence-corrected chi connectivity index (χ1v) is 10.1. The number of hydrogen-bond acceptors (Lipinski definition) is 3. The van der Waals surface area contributed by atoms with Gasteiger partial charge in [-0.15, -0.1) is 0 Å². The van der Waals surface area contributed by atoms with Crippen LogP contribution in [0.15, 0.2) is 91.0 Å². The van der Waals surface area contributed by atoms with E-state index in [0.29, 0.717) is 24.1 Å². The fraction of sp³-hybridized carbons (Fsp3) is 0.154. The normalized spacial score (nSPS) is 21.7. The first kappa shape index (κ1) is 18.5. The molecule has 4 nitrogen and oxygen atoms in total. The van der Waals surface area contributed by atoms with Gasteiger partial charge in [-0.3, -0.25) is 9.59 Å².